The van der Waals surface area contributed by atoms with Crippen molar-refractivity contribution in [3.63, 3.8) is 0 Å². The van der Waals surface area contributed by atoms with E-state index in [9.17, 15) is 27.6 Å². The van der Waals surface area contributed by atoms with Crippen molar-refractivity contribution in [2.24, 2.45) is 5.92 Å². The van der Waals surface area contributed by atoms with E-state index < -0.39 is 23.8 Å². The molecule has 1 aromatic carbocycles. The van der Waals surface area contributed by atoms with Crippen molar-refractivity contribution in [3.05, 3.63) is 40.4 Å². The molecule has 3 rings (SSSR count). The lowest BCUT2D eigenvalue weighted by molar-refractivity contribution is -0.152. The number of nitrogens with zero attached hydrogens (tertiary/aromatic N) is 2. The predicted molar refractivity (Wildman–Crippen MR) is 118 cm³/mol. The summed E-state index contributed by atoms with van der Waals surface area (Å²) in [6.45, 7) is 5.84. The molecule has 1 fully saturated rings. The zero-order valence-corrected chi connectivity index (χ0v) is 19.8. The first-order valence-corrected chi connectivity index (χ1v) is 11.6. The molecule has 7 nitrogen and oxygen atoms in total. The molecule has 1 aliphatic rings. The van der Waals surface area contributed by atoms with Crippen LogP contribution in [0.3, 0.4) is 0 Å². The Kier molecular flexibility index (Phi) is 7.96. The van der Waals surface area contributed by atoms with Gasteiger partial charge in [0.2, 0.25) is 0 Å². The molecule has 0 radical (unpaired) electrons. The molecule has 184 valence electrons. The molecule has 1 unspecified atom stereocenters. The van der Waals surface area contributed by atoms with Crippen LogP contribution >= 0.6 is 11.3 Å². The van der Waals surface area contributed by atoms with E-state index in [2.05, 4.69) is 4.98 Å². The SMILES string of the molecule is CCOC(=O)C1CCN(C(=O)C(C)OC(=O)c2sc(-c3ccc(C(F)(F)F)cc3)nc2C)CC1. The number of likely N-dealkylation sites (tertiary alicyclic amines) is 1. The Morgan fingerprint density at radius 2 is 1.79 bits per heavy atom. The highest BCUT2D eigenvalue weighted by Crippen LogP contribution is 2.33. The summed E-state index contributed by atoms with van der Waals surface area (Å²) >= 11 is 0.988. The summed E-state index contributed by atoms with van der Waals surface area (Å²) in [5, 5.41) is 0.373. The second kappa shape index (κ2) is 10.5. The summed E-state index contributed by atoms with van der Waals surface area (Å²) in [5.41, 5.74) is 0.0244. The number of rotatable bonds is 6. The second-order valence-corrected chi connectivity index (χ2v) is 8.91. The number of thiazole rings is 1. The van der Waals surface area contributed by atoms with E-state index in [4.69, 9.17) is 9.47 Å². The summed E-state index contributed by atoms with van der Waals surface area (Å²) < 4.78 is 48.7. The molecular weight excluding hydrogens is 473 g/mol. The Balaban J connectivity index is 1.61. The number of carbonyl (C=O) groups excluding carboxylic acids is 3. The van der Waals surface area contributed by atoms with Crippen molar-refractivity contribution in [2.45, 2.75) is 45.9 Å². The number of benzene rings is 1. The molecule has 0 bridgehead atoms. The maximum Gasteiger partial charge on any atom is 0.416 e. The van der Waals surface area contributed by atoms with Crippen molar-refractivity contribution in [3.8, 4) is 10.6 Å². The number of hydrogen-bond donors (Lipinski definition) is 0. The Morgan fingerprint density at radius 1 is 1.18 bits per heavy atom. The molecule has 1 saturated heterocycles. The summed E-state index contributed by atoms with van der Waals surface area (Å²) in [7, 11) is 0. The van der Waals surface area contributed by atoms with Gasteiger partial charge < -0.3 is 14.4 Å². The summed E-state index contributed by atoms with van der Waals surface area (Å²) in [5.74, 6) is -1.60. The quantitative estimate of drug-likeness (QED) is 0.546. The number of carbonyl (C=O) groups is 3. The minimum atomic E-state index is -4.44. The van der Waals surface area contributed by atoms with Crippen molar-refractivity contribution in [2.75, 3.05) is 19.7 Å². The van der Waals surface area contributed by atoms with Crippen molar-refractivity contribution >= 4 is 29.2 Å². The van der Waals surface area contributed by atoms with Gasteiger partial charge in [0, 0.05) is 18.7 Å². The lowest BCUT2D eigenvalue weighted by atomic mass is 9.97. The van der Waals surface area contributed by atoms with Crippen LogP contribution in [0.4, 0.5) is 13.2 Å². The lowest BCUT2D eigenvalue weighted by Crippen LogP contribution is -2.45. The van der Waals surface area contributed by atoms with Gasteiger partial charge in [-0.05, 0) is 45.7 Å². The van der Waals surface area contributed by atoms with E-state index in [0.717, 1.165) is 23.5 Å². The van der Waals surface area contributed by atoms with E-state index in [-0.39, 0.29) is 22.7 Å². The third kappa shape index (κ3) is 5.94. The molecule has 1 amide bonds. The summed E-state index contributed by atoms with van der Waals surface area (Å²) in [4.78, 5) is 43.3. The molecular formula is C23H25F3N2O5S. The Hall–Kier alpha value is -2.95. The number of ether oxygens (including phenoxy) is 2. The molecule has 11 heteroatoms. The average Bonchev–Trinajstić information content (AvgIpc) is 3.20. The van der Waals surface area contributed by atoms with Crippen molar-refractivity contribution in [1.29, 1.82) is 0 Å². The minimum absolute atomic E-state index is 0.176. The average molecular weight is 499 g/mol. The number of amides is 1. The number of piperidine rings is 1. The number of alkyl halides is 3. The van der Waals surface area contributed by atoms with Crippen LogP contribution in [0.25, 0.3) is 10.6 Å². The van der Waals surface area contributed by atoms with Gasteiger partial charge in [0.05, 0.1) is 23.8 Å². The fourth-order valence-electron chi connectivity index (χ4n) is 3.63. The van der Waals surface area contributed by atoms with Crippen LogP contribution in [0.2, 0.25) is 0 Å². The van der Waals surface area contributed by atoms with Gasteiger partial charge >= 0.3 is 18.1 Å². The van der Waals surface area contributed by atoms with Gasteiger partial charge in [-0.25, -0.2) is 9.78 Å². The third-order valence-corrected chi connectivity index (χ3v) is 6.69. The normalized spacial score (nSPS) is 15.6. The standard InChI is InChI=1S/C23H25F3N2O5S/c1-4-32-21(30)16-9-11-28(12-10-16)20(29)14(3)33-22(31)18-13(2)27-19(34-18)15-5-7-17(8-6-15)23(24,25)26/h5-8,14,16H,4,9-12H2,1-3H3. The Morgan fingerprint density at radius 3 is 2.35 bits per heavy atom. The highest BCUT2D eigenvalue weighted by Gasteiger charge is 2.32. The largest absolute Gasteiger partial charge is 0.466 e. The molecule has 2 heterocycles. The van der Waals surface area contributed by atoms with Crippen LogP contribution in [0.1, 0.15) is 47.6 Å². The monoisotopic (exact) mass is 498 g/mol. The maximum absolute atomic E-state index is 12.8. The summed E-state index contributed by atoms with van der Waals surface area (Å²) in [6, 6.07) is 4.50. The first-order chi connectivity index (χ1) is 16.0. The highest BCUT2D eigenvalue weighted by atomic mass is 32.1. The maximum atomic E-state index is 12.8. The first kappa shape index (κ1) is 25.7. The van der Waals surface area contributed by atoms with E-state index in [1.807, 2.05) is 0 Å². The van der Waals surface area contributed by atoms with Gasteiger partial charge in [0.25, 0.3) is 5.91 Å². The summed E-state index contributed by atoms with van der Waals surface area (Å²) in [6.07, 6.45) is -4.52. The number of aromatic nitrogens is 1. The van der Waals surface area contributed by atoms with Crippen molar-refractivity contribution in [1.82, 2.24) is 9.88 Å². The smallest absolute Gasteiger partial charge is 0.416 e. The van der Waals surface area contributed by atoms with Gasteiger partial charge in [0.15, 0.2) is 6.10 Å². The fraction of sp³-hybridized carbons (Fsp3) is 0.478. The molecule has 0 aliphatic carbocycles. The first-order valence-electron chi connectivity index (χ1n) is 10.8. The van der Waals surface area contributed by atoms with Crippen LogP contribution in [-0.4, -0.2) is 53.5 Å². The molecule has 0 N–H and O–H groups in total. The van der Waals surface area contributed by atoms with Crippen LogP contribution < -0.4 is 0 Å². The number of aryl methyl sites for hydroxylation is 1. The Bertz CT molecular complexity index is 1040. The van der Waals surface area contributed by atoms with E-state index >= 15 is 0 Å². The molecule has 1 aliphatic heterocycles. The van der Waals surface area contributed by atoms with Gasteiger partial charge in [-0.2, -0.15) is 13.2 Å². The van der Waals surface area contributed by atoms with Crippen molar-refractivity contribution < 1.29 is 37.0 Å². The highest BCUT2D eigenvalue weighted by molar-refractivity contribution is 7.17. The van der Waals surface area contributed by atoms with Gasteiger partial charge in [0.1, 0.15) is 9.88 Å². The molecule has 1 aromatic heterocycles. The second-order valence-electron chi connectivity index (χ2n) is 7.91. The lowest BCUT2D eigenvalue weighted by Gasteiger charge is -2.32. The van der Waals surface area contributed by atoms with Crippen LogP contribution in [-0.2, 0) is 25.2 Å². The number of esters is 2. The van der Waals surface area contributed by atoms with E-state index in [1.54, 1.807) is 18.7 Å². The van der Waals surface area contributed by atoms with Crippen LogP contribution in [0.15, 0.2) is 24.3 Å². The van der Waals surface area contributed by atoms with Gasteiger partial charge in [-0.1, -0.05) is 12.1 Å². The van der Waals surface area contributed by atoms with Crippen LogP contribution in [0.5, 0.6) is 0 Å². The number of halogens is 3. The van der Waals surface area contributed by atoms with E-state index in [0.29, 0.717) is 48.8 Å². The molecule has 1 atom stereocenters. The topological polar surface area (TPSA) is 85.8 Å². The predicted octanol–water partition coefficient (Wildman–Crippen LogP) is 4.48. The zero-order chi connectivity index (χ0) is 25.0. The van der Waals surface area contributed by atoms with Crippen LogP contribution in [0, 0.1) is 12.8 Å². The molecule has 0 spiro atoms. The Labute approximate surface area is 198 Å². The fourth-order valence-corrected chi connectivity index (χ4v) is 4.58. The third-order valence-electron chi connectivity index (χ3n) is 5.50. The minimum Gasteiger partial charge on any atom is -0.466 e. The number of hydrogen-bond acceptors (Lipinski definition) is 7. The molecule has 34 heavy (non-hydrogen) atoms. The molecule has 2 aromatic rings. The van der Waals surface area contributed by atoms with Gasteiger partial charge in [-0.15, -0.1) is 11.3 Å². The van der Waals surface area contributed by atoms with E-state index in [1.165, 1.54) is 19.1 Å². The zero-order valence-electron chi connectivity index (χ0n) is 19.0. The van der Waals surface area contributed by atoms with Gasteiger partial charge in [-0.3, -0.25) is 9.59 Å². The molecule has 0 saturated carbocycles.